The summed E-state index contributed by atoms with van der Waals surface area (Å²) in [5, 5.41) is 3.33. The minimum atomic E-state index is -0.0222. The van der Waals surface area contributed by atoms with Crippen molar-refractivity contribution in [3.63, 3.8) is 0 Å². The smallest absolute Gasteiger partial charge is 0.254 e. The van der Waals surface area contributed by atoms with Crippen LogP contribution in [0.4, 0.5) is 5.69 Å². The van der Waals surface area contributed by atoms with Crippen LogP contribution >= 0.6 is 0 Å². The summed E-state index contributed by atoms with van der Waals surface area (Å²) in [6.07, 6.45) is 0.701. The third-order valence-corrected chi connectivity index (χ3v) is 3.01. The third-order valence-electron chi connectivity index (χ3n) is 3.01. The quantitative estimate of drug-likeness (QED) is 0.720. The summed E-state index contributed by atoms with van der Waals surface area (Å²) < 4.78 is 0. The van der Waals surface area contributed by atoms with Gasteiger partial charge >= 0.3 is 0 Å². The van der Waals surface area contributed by atoms with Crippen molar-refractivity contribution in [3.8, 4) is 11.3 Å². The first-order valence-corrected chi connectivity index (χ1v) is 5.69. The van der Waals surface area contributed by atoms with Gasteiger partial charge in [0.05, 0.1) is 5.69 Å². The zero-order valence-electron chi connectivity index (χ0n) is 9.58. The fourth-order valence-electron chi connectivity index (χ4n) is 2.23. The van der Waals surface area contributed by atoms with Crippen LogP contribution in [0.25, 0.3) is 11.3 Å². The second kappa shape index (κ2) is 3.73. The van der Waals surface area contributed by atoms with E-state index in [2.05, 4.69) is 15.3 Å². The fourth-order valence-corrected chi connectivity index (χ4v) is 2.23. The van der Waals surface area contributed by atoms with Gasteiger partial charge in [-0.15, -0.1) is 0 Å². The Morgan fingerprint density at radius 2 is 2.12 bits per heavy atom. The van der Waals surface area contributed by atoms with Crippen molar-refractivity contribution in [2.45, 2.75) is 13.3 Å². The molecule has 1 aromatic heterocycles. The minimum Gasteiger partial charge on any atom is -0.384 e. The number of hydrogen-bond acceptors (Lipinski definition) is 3. The molecule has 0 saturated heterocycles. The molecule has 0 unspecified atom stereocenters. The van der Waals surface area contributed by atoms with E-state index in [1.54, 1.807) is 0 Å². The highest BCUT2D eigenvalue weighted by molar-refractivity contribution is 5.78. The summed E-state index contributed by atoms with van der Waals surface area (Å²) in [4.78, 5) is 19.2. The van der Waals surface area contributed by atoms with Gasteiger partial charge in [0.15, 0.2) is 0 Å². The van der Waals surface area contributed by atoms with E-state index in [-0.39, 0.29) is 5.56 Å². The maximum atomic E-state index is 11.9. The molecule has 0 aliphatic carbocycles. The molecule has 86 valence electrons. The Morgan fingerprint density at radius 1 is 1.29 bits per heavy atom. The molecule has 1 aliphatic rings. The number of fused-ring (bicyclic) bond motifs is 3. The molecular formula is C13H13N3O. The summed E-state index contributed by atoms with van der Waals surface area (Å²) >= 11 is 0. The van der Waals surface area contributed by atoms with E-state index in [4.69, 9.17) is 0 Å². The number of nitrogens with one attached hydrogen (secondary N) is 2. The van der Waals surface area contributed by atoms with Gasteiger partial charge in [-0.05, 0) is 19.4 Å². The molecule has 0 amide bonds. The van der Waals surface area contributed by atoms with Crippen LogP contribution in [0.5, 0.6) is 0 Å². The zero-order valence-corrected chi connectivity index (χ0v) is 9.58. The number of aromatic nitrogens is 2. The molecule has 2 aromatic rings. The highest BCUT2D eigenvalue weighted by Crippen LogP contribution is 2.30. The Kier molecular flexibility index (Phi) is 2.21. The van der Waals surface area contributed by atoms with Gasteiger partial charge < -0.3 is 10.3 Å². The minimum absolute atomic E-state index is 0.0222. The normalized spacial score (nSPS) is 13.2. The third kappa shape index (κ3) is 1.62. The van der Waals surface area contributed by atoms with Gasteiger partial charge in [0.2, 0.25) is 0 Å². The van der Waals surface area contributed by atoms with E-state index >= 15 is 0 Å². The van der Waals surface area contributed by atoms with Crippen molar-refractivity contribution in [1.82, 2.24) is 9.97 Å². The highest BCUT2D eigenvalue weighted by atomic mass is 16.1. The van der Waals surface area contributed by atoms with Gasteiger partial charge in [0.25, 0.3) is 5.56 Å². The number of aromatic amines is 1. The second-order valence-corrected chi connectivity index (χ2v) is 4.20. The number of para-hydroxylation sites is 1. The Hall–Kier alpha value is -2.10. The van der Waals surface area contributed by atoms with E-state index in [1.807, 2.05) is 31.2 Å². The van der Waals surface area contributed by atoms with Crippen molar-refractivity contribution in [3.05, 3.63) is 46.0 Å². The van der Waals surface area contributed by atoms with Crippen molar-refractivity contribution >= 4 is 5.69 Å². The van der Waals surface area contributed by atoms with E-state index in [0.29, 0.717) is 12.2 Å². The van der Waals surface area contributed by atoms with Crippen LogP contribution in [-0.4, -0.2) is 16.5 Å². The van der Waals surface area contributed by atoms with Gasteiger partial charge in [-0.3, -0.25) is 4.79 Å². The molecule has 1 aromatic carbocycles. The number of H-pyrrole nitrogens is 1. The predicted molar refractivity (Wildman–Crippen MR) is 67.2 cm³/mol. The van der Waals surface area contributed by atoms with Crippen molar-refractivity contribution in [1.29, 1.82) is 0 Å². The van der Waals surface area contributed by atoms with Gasteiger partial charge in [-0.2, -0.15) is 0 Å². The average molecular weight is 227 g/mol. The summed E-state index contributed by atoms with van der Waals surface area (Å²) in [7, 11) is 0. The highest BCUT2D eigenvalue weighted by Gasteiger charge is 2.17. The summed E-state index contributed by atoms with van der Waals surface area (Å²) in [5.74, 6) is 0.658. The lowest BCUT2D eigenvalue weighted by Crippen LogP contribution is -2.18. The Labute approximate surface area is 98.7 Å². The van der Waals surface area contributed by atoms with Crippen LogP contribution in [-0.2, 0) is 6.42 Å². The molecule has 2 heterocycles. The first-order valence-electron chi connectivity index (χ1n) is 5.69. The van der Waals surface area contributed by atoms with Crippen LogP contribution in [0.1, 0.15) is 11.4 Å². The number of nitrogens with zero attached hydrogens (tertiary/aromatic N) is 1. The second-order valence-electron chi connectivity index (χ2n) is 4.20. The summed E-state index contributed by atoms with van der Waals surface area (Å²) in [6, 6.07) is 7.96. The topological polar surface area (TPSA) is 57.8 Å². The lowest BCUT2D eigenvalue weighted by molar-refractivity contribution is 0.940. The molecule has 0 bridgehead atoms. The van der Waals surface area contributed by atoms with E-state index in [1.165, 1.54) is 0 Å². The fraction of sp³-hybridized carbons (Fsp3) is 0.231. The molecule has 17 heavy (non-hydrogen) atoms. The molecule has 3 rings (SSSR count). The summed E-state index contributed by atoms with van der Waals surface area (Å²) in [5.41, 5.74) is 3.61. The zero-order chi connectivity index (χ0) is 11.8. The van der Waals surface area contributed by atoms with Crippen molar-refractivity contribution in [2.24, 2.45) is 0 Å². The lowest BCUT2D eigenvalue weighted by Gasteiger charge is -2.08. The van der Waals surface area contributed by atoms with Crippen molar-refractivity contribution < 1.29 is 0 Å². The first kappa shape index (κ1) is 10.1. The van der Waals surface area contributed by atoms with Crippen molar-refractivity contribution in [2.75, 3.05) is 11.9 Å². The van der Waals surface area contributed by atoms with Crippen LogP contribution in [0, 0.1) is 6.92 Å². The van der Waals surface area contributed by atoms with Crippen LogP contribution in [0.2, 0.25) is 0 Å². The molecule has 4 heteroatoms. The van der Waals surface area contributed by atoms with Gasteiger partial charge in [-0.25, -0.2) is 4.98 Å². The van der Waals surface area contributed by atoms with Gasteiger partial charge in [0.1, 0.15) is 5.82 Å². The standard InChI is InChI=1S/C13H13N3O/c1-8-15-12-9-4-2-3-5-11(9)14-7-6-10(12)13(17)16-8/h2-5,14H,6-7H2,1H3,(H,15,16,17). The van der Waals surface area contributed by atoms with E-state index < -0.39 is 0 Å². The SMILES string of the molecule is Cc1nc2c(c(=O)[nH]1)CCNc1ccccc1-2. The van der Waals surface area contributed by atoms with Gasteiger partial charge in [0, 0.05) is 23.4 Å². The van der Waals surface area contributed by atoms with Crippen LogP contribution in [0.3, 0.4) is 0 Å². The molecular weight excluding hydrogens is 214 g/mol. The first-order chi connectivity index (χ1) is 8.25. The maximum absolute atomic E-state index is 11.9. The predicted octanol–water partition coefficient (Wildman–Crippen LogP) is 1.71. The monoisotopic (exact) mass is 227 g/mol. The van der Waals surface area contributed by atoms with Crippen LogP contribution in [0.15, 0.2) is 29.1 Å². The number of aryl methyl sites for hydroxylation is 1. The number of rotatable bonds is 0. The van der Waals surface area contributed by atoms with Gasteiger partial charge in [-0.1, -0.05) is 18.2 Å². The Bertz CT molecular complexity index is 631. The van der Waals surface area contributed by atoms with E-state index in [9.17, 15) is 4.79 Å². The molecule has 2 N–H and O–H groups in total. The average Bonchev–Trinajstić information content (AvgIpc) is 2.49. The number of anilines is 1. The molecule has 0 saturated carbocycles. The molecule has 0 fully saturated rings. The number of benzene rings is 1. The Morgan fingerprint density at radius 3 is 3.00 bits per heavy atom. The van der Waals surface area contributed by atoms with E-state index in [0.717, 1.165) is 29.1 Å². The Balaban J connectivity index is 2.36. The molecule has 1 aliphatic heterocycles. The maximum Gasteiger partial charge on any atom is 0.254 e. The largest absolute Gasteiger partial charge is 0.384 e. The number of hydrogen-bond donors (Lipinski definition) is 2. The summed E-state index contributed by atoms with van der Waals surface area (Å²) in [6.45, 7) is 2.57. The molecule has 4 nitrogen and oxygen atoms in total. The molecule has 0 atom stereocenters. The molecule has 0 radical (unpaired) electrons. The van der Waals surface area contributed by atoms with Crippen LogP contribution < -0.4 is 10.9 Å². The molecule has 0 spiro atoms. The lowest BCUT2D eigenvalue weighted by atomic mass is 10.1.